The van der Waals surface area contributed by atoms with E-state index in [0.29, 0.717) is 12.8 Å². The van der Waals surface area contributed by atoms with Gasteiger partial charge in [-0.05, 0) is 64.2 Å². The Labute approximate surface area is 385 Å². The van der Waals surface area contributed by atoms with Crippen molar-refractivity contribution in [2.24, 2.45) is 0 Å². The minimum absolute atomic E-state index is 0.216. The fourth-order valence-corrected chi connectivity index (χ4v) is 7.84. The number of carbonyl (C=O) groups excluding carboxylic acids is 2. The molecule has 1 aliphatic rings. The molecular weight excluding hydrogens is 797 g/mol. The molecule has 0 amide bonds. The number of esters is 2. The lowest BCUT2D eigenvalue weighted by atomic mass is 9.99. The zero-order valence-electron chi connectivity index (χ0n) is 40.3. The van der Waals surface area contributed by atoms with Gasteiger partial charge in [0.05, 0.1) is 13.2 Å². The van der Waals surface area contributed by atoms with Crippen molar-refractivity contribution in [2.45, 2.75) is 269 Å². The van der Waals surface area contributed by atoms with Crippen molar-refractivity contribution in [2.75, 3.05) is 19.8 Å². The smallest absolute Gasteiger partial charge is 0.306 e. The van der Waals surface area contributed by atoms with Gasteiger partial charge in [0.15, 0.2) is 12.4 Å². The maximum Gasteiger partial charge on any atom is 0.306 e. The number of allylic oxidation sites excluding steroid dienone is 6. The zero-order chi connectivity index (χ0) is 45.9. The highest BCUT2D eigenvalue weighted by Crippen LogP contribution is 2.23. The van der Waals surface area contributed by atoms with Crippen LogP contribution in [0.1, 0.15) is 232 Å². The second-order valence-electron chi connectivity index (χ2n) is 18.0. The quantitative estimate of drug-likeness (QED) is 0.0264. The number of rotatable bonds is 44. The van der Waals surface area contributed by atoms with E-state index in [1.165, 1.54) is 148 Å². The second-order valence-corrected chi connectivity index (χ2v) is 18.0. The van der Waals surface area contributed by atoms with E-state index in [0.717, 1.165) is 44.9 Å². The van der Waals surface area contributed by atoms with E-state index < -0.39 is 55.4 Å². The van der Waals surface area contributed by atoms with E-state index in [1.807, 2.05) is 0 Å². The van der Waals surface area contributed by atoms with Crippen LogP contribution in [0.5, 0.6) is 0 Å². The summed E-state index contributed by atoms with van der Waals surface area (Å²) >= 11 is 0. The number of aliphatic hydroxyl groups excluding tert-OH is 4. The van der Waals surface area contributed by atoms with Gasteiger partial charge in [-0.15, -0.1) is 0 Å². The number of unbranched alkanes of at least 4 members (excludes halogenated alkanes) is 27. The molecular formula is C53H96O10. The molecule has 1 heterocycles. The SMILES string of the molecule is CCCC/C=C/CCCCCCCCCCCC(=O)O[C@@H](COC(=O)CCC/C=C/CC/C=C/CCCCCCCCCCCCCCCC)CO[C@H]1O[C@@H](CO)[C@@H](O)C(O)C1O. The van der Waals surface area contributed by atoms with Crippen molar-refractivity contribution in [1.82, 2.24) is 0 Å². The van der Waals surface area contributed by atoms with E-state index in [2.05, 4.69) is 50.3 Å². The molecule has 0 radical (unpaired) electrons. The molecule has 6 atom stereocenters. The number of hydrogen-bond donors (Lipinski definition) is 4. The van der Waals surface area contributed by atoms with Crippen molar-refractivity contribution in [3.05, 3.63) is 36.5 Å². The number of carbonyl (C=O) groups is 2. The van der Waals surface area contributed by atoms with Crippen LogP contribution in [0.2, 0.25) is 0 Å². The third-order valence-corrected chi connectivity index (χ3v) is 12.0. The van der Waals surface area contributed by atoms with Crippen molar-refractivity contribution in [3.8, 4) is 0 Å². The molecule has 1 fully saturated rings. The Bertz CT molecular complexity index is 1120. The fraction of sp³-hybridized carbons (Fsp3) is 0.849. The highest BCUT2D eigenvalue weighted by Gasteiger charge is 2.44. The summed E-state index contributed by atoms with van der Waals surface area (Å²) in [7, 11) is 0. The minimum atomic E-state index is -1.60. The standard InChI is InChI=1S/C53H96O10/c1-3-5-7-9-11-13-15-17-19-20-21-22-23-24-25-26-28-29-31-33-35-37-39-41-48(55)60-44-46(45-61-53-52(59)51(58)50(57)47(43-54)63-53)62-49(56)42-40-38-36-34-32-30-27-18-16-14-12-10-8-6-4-2/h10,12,26,28,33,35,46-47,50-54,57-59H,3-9,11,13-25,27,29-32,34,36-45H2,1-2H3/b12-10+,28-26+,35-33+/t46-,47-,50+,51?,52?,53-/m0/s1. The summed E-state index contributed by atoms with van der Waals surface area (Å²) in [6.07, 6.45) is 44.5. The van der Waals surface area contributed by atoms with Crippen molar-refractivity contribution >= 4 is 11.9 Å². The van der Waals surface area contributed by atoms with Crippen LogP contribution < -0.4 is 0 Å². The lowest BCUT2D eigenvalue weighted by Gasteiger charge is -2.39. The van der Waals surface area contributed by atoms with E-state index >= 15 is 0 Å². The van der Waals surface area contributed by atoms with Gasteiger partial charge in [-0.1, -0.05) is 192 Å². The molecule has 0 aliphatic carbocycles. The Morgan fingerprint density at radius 3 is 1.38 bits per heavy atom. The molecule has 2 unspecified atom stereocenters. The highest BCUT2D eigenvalue weighted by atomic mass is 16.7. The molecule has 0 aromatic heterocycles. The van der Waals surface area contributed by atoms with Crippen LogP contribution in [0.4, 0.5) is 0 Å². The first-order valence-electron chi connectivity index (χ1n) is 26.1. The normalized spacial score (nSPS) is 19.7. The van der Waals surface area contributed by atoms with E-state index in [1.54, 1.807) is 0 Å². The Morgan fingerprint density at radius 1 is 0.476 bits per heavy atom. The predicted octanol–water partition coefficient (Wildman–Crippen LogP) is 12.2. The molecule has 1 aliphatic heterocycles. The van der Waals surface area contributed by atoms with Crippen molar-refractivity contribution in [3.63, 3.8) is 0 Å². The van der Waals surface area contributed by atoms with Crippen molar-refractivity contribution < 1.29 is 49.0 Å². The molecule has 4 N–H and O–H groups in total. The summed E-state index contributed by atoms with van der Waals surface area (Å²) in [5, 5.41) is 40.2. The van der Waals surface area contributed by atoms with E-state index in [9.17, 15) is 30.0 Å². The number of ether oxygens (including phenoxy) is 4. The Hall–Kier alpha value is -2.08. The molecule has 63 heavy (non-hydrogen) atoms. The van der Waals surface area contributed by atoms with Gasteiger partial charge in [0.25, 0.3) is 0 Å². The molecule has 368 valence electrons. The van der Waals surface area contributed by atoms with Crippen LogP contribution in [-0.4, -0.2) is 89.0 Å². The predicted molar refractivity (Wildman–Crippen MR) is 256 cm³/mol. The van der Waals surface area contributed by atoms with Gasteiger partial charge >= 0.3 is 11.9 Å². The minimum Gasteiger partial charge on any atom is -0.462 e. The third kappa shape index (κ3) is 34.9. The van der Waals surface area contributed by atoms with E-state index in [-0.39, 0.29) is 26.1 Å². The van der Waals surface area contributed by atoms with Crippen LogP contribution in [0.25, 0.3) is 0 Å². The van der Waals surface area contributed by atoms with Crippen LogP contribution >= 0.6 is 0 Å². The third-order valence-electron chi connectivity index (χ3n) is 12.0. The molecule has 1 saturated heterocycles. The monoisotopic (exact) mass is 893 g/mol. The molecule has 10 nitrogen and oxygen atoms in total. The average molecular weight is 893 g/mol. The molecule has 10 heteroatoms. The molecule has 0 aromatic carbocycles. The molecule has 0 aromatic rings. The lowest BCUT2D eigenvalue weighted by Crippen LogP contribution is -2.59. The summed E-state index contributed by atoms with van der Waals surface area (Å²) in [4.78, 5) is 25.4. The Balaban J connectivity index is 2.26. The summed E-state index contributed by atoms with van der Waals surface area (Å²) in [5.41, 5.74) is 0. The summed E-state index contributed by atoms with van der Waals surface area (Å²) in [5.74, 6) is -0.852. The first kappa shape index (κ1) is 58.9. The fourth-order valence-electron chi connectivity index (χ4n) is 7.84. The average Bonchev–Trinajstić information content (AvgIpc) is 3.28. The van der Waals surface area contributed by atoms with Crippen LogP contribution in [0.3, 0.4) is 0 Å². The summed E-state index contributed by atoms with van der Waals surface area (Å²) in [6, 6.07) is 0. The molecule has 0 spiro atoms. The Morgan fingerprint density at radius 2 is 0.889 bits per heavy atom. The molecule has 1 rings (SSSR count). The highest BCUT2D eigenvalue weighted by molar-refractivity contribution is 5.70. The topological polar surface area (TPSA) is 152 Å². The number of aliphatic hydroxyl groups is 4. The zero-order valence-corrected chi connectivity index (χ0v) is 40.3. The molecule has 0 bridgehead atoms. The van der Waals surface area contributed by atoms with Gasteiger partial charge in [0.2, 0.25) is 0 Å². The van der Waals surface area contributed by atoms with Gasteiger partial charge in [0.1, 0.15) is 31.0 Å². The van der Waals surface area contributed by atoms with Crippen LogP contribution in [-0.2, 0) is 28.5 Å². The van der Waals surface area contributed by atoms with Gasteiger partial charge in [-0.25, -0.2) is 0 Å². The second kappa shape index (κ2) is 43.8. The maximum absolute atomic E-state index is 12.8. The van der Waals surface area contributed by atoms with Gasteiger partial charge in [-0.3, -0.25) is 9.59 Å². The van der Waals surface area contributed by atoms with Crippen molar-refractivity contribution in [1.29, 1.82) is 0 Å². The van der Waals surface area contributed by atoms with E-state index in [4.69, 9.17) is 18.9 Å². The van der Waals surface area contributed by atoms with Gasteiger partial charge in [-0.2, -0.15) is 0 Å². The lowest BCUT2D eigenvalue weighted by molar-refractivity contribution is -0.305. The first-order chi connectivity index (χ1) is 30.8. The maximum atomic E-state index is 12.8. The Kier molecular flexibility index (Phi) is 41.0. The number of hydrogen-bond acceptors (Lipinski definition) is 10. The van der Waals surface area contributed by atoms with Crippen LogP contribution in [0.15, 0.2) is 36.5 Å². The first-order valence-corrected chi connectivity index (χ1v) is 26.1. The summed E-state index contributed by atoms with van der Waals surface area (Å²) < 4.78 is 22.2. The summed E-state index contributed by atoms with van der Waals surface area (Å²) in [6.45, 7) is 3.38. The van der Waals surface area contributed by atoms with Gasteiger partial charge < -0.3 is 39.4 Å². The van der Waals surface area contributed by atoms with Crippen LogP contribution in [0, 0.1) is 0 Å². The van der Waals surface area contributed by atoms with Gasteiger partial charge in [0, 0.05) is 12.8 Å². The molecule has 0 saturated carbocycles. The largest absolute Gasteiger partial charge is 0.462 e.